The van der Waals surface area contributed by atoms with Gasteiger partial charge < -0.3 is 4.74 Å². The lowest BCUT2D eigenvalue weighted by Crippen LogP contribution is -2.41. The van der Waals surface area contributed by atoms with Crippen molar-refractivity contribution < 1.29 is 13.2 Å². The largest absolute Gasteiger partial charge is 0.490 e. The van der Waals surface area contributed by atoms with Gasteiger partial charge in [-0.2, -0.15) is 4.31 Å². The first kappa shape index (κ1) is 24.7. The van der Waals surface area contributed by atoms with E-state index in [4.69, 9.17) is 16.3 Å². The highest BCUT2D eigenvalue weighted by Gasteiger charge is 2.31. The van der Waals surface area contributed by atoms with Crippen molar-refractivity contribution in [2.45, 2.75) is 36.2 Å². The number of fused-ring (bicyclic) bond motifs is 1. The molecule has 2 aromatic carbocycles. The van der Waals surface area contributed by atoms with E-state index in [0.29, 0.717) is 34.5 Å². The van der Waals surface area contributed by atoms with Crippen molar-refractivity contribution in [2.24, 2.45) is 0 Å². The average molecular weight is 547 g/mol. The Bertz CT molecular complexity index is 1360. The first-order valence-corrected chi connectivity index (χ1v) is 15.0. The zero-order valence-corrected chi connectivity index (χ0v) is 22.6. The van der Waals surface area contributed by atoms with E-state index in [9.17, 15) is 8.42 Å². The van der Waals surface area contributed by atoms with Crippen molar-refractivity contribution in [3.63, 3.8) is 0 Å². The van der Waals surface area contributed by atoms with Crippen molar-refractivity contribution in [1.82, 2.24) is 9.21 Å². The maximum Gasteiger partial charge on any atom is 0.252 e. The summed E-state index contributed by atoms with van der Waals surface area (Å²) in [6, 6.07) is 22.2. The van der Waals surface area contributed by atoms with Gasteiger partial charge in [-0.05, 0) is 67.2 Å². The van der Waals surface area contributed by atoms with Crippen LogP contribution in [0.1, 0.15) is 23.3 Å². The summed E-state index contributed by atoms with van der Waals surface area (Å²) in [7, 11) is -1.34. The van der Waals surface area contributed by atoms with E-state index in [1.807, 2.05) is 23.5 Å². The van der Waals surface area contributed by atoms with Gasteiger partial charge in [-0.1, -0.05) is 41.9 Å². The number of piperidine rings is 1. The van der Waals surface area contributed by atoms with Crippen LogP contribution in [-0.2, 0) is 23.1 Å². The molecule has 0 saturated carbocycles. The fourth-order valence-corrected chi connectivity index (χ4v) is 8.62. The van der Waals surface area contributed by atoms with Crippen molar-refractivity contribution in [3.05, 3.63) is 81.5 Å². The quantitative estimate of drug-likeness (QED) is 0.254. The second-order valence-corrected chi connectivity index (χ2v) is 13.9. The Morgan fingerprint density at radius 2 is 1.74 bits per heavy atom. The third-order valence-electron chi connectivity index (χ3n) is 6.12. The van der Waals surface area contributed by atoms with Crippen LogP contribution in [0.25, 0.3) is 10.1 Å². The summed E-state index contributed by atoms with van der Waals surface area (Å²) in [6.07, 6.45) is 1.34. The summed E-state index contributed by atoms with van der Waals surface area (Å²) < 4.78 is 35.4. The number of halogens is 1. The minimum atomic E-state index is -3.48. The maximum absolute atomic E-state index is 12.8. The van der Waals surface area contributed by atoms with Gasteiger partial charge in [-0.25, -0.2) is 8.42 Å². The predicted octanol–water partition coefficient (Wildman–Crippen LogP) is 6.48. The van der Waals surface area contributed by atoms with E-state index in [1.54, 1.807) is 12.1 Å². The molecule has 4 aromatic rings. The molecular weight excluding hydrogens is 520 g/mol. The Morgan fingerprint density at radius 1 is 1.00 bits per heavy atom. The van der Waals surface area contributed by atoms with Crippen LogP contribution in [0.2, 0.25) is 4.34 Å². The molecule has 35 heavy (non-hydrogen) atoms. The Kier molecular flexibility index (Phi) is 7.48. The number of thiophene rings is 2. The van der Waals surface area contributed by atoms with E-state index in [-0.39, 0.29) is 6.10 Å². The van der Waals surface area contributed by atoms with E-state index < -0.39 is 10.0 Å². The predicted molar refractivity (Wildman–Crippen MR) is 145 cm³/mol. The number of hydrogen-bond acceptors (Lipinski definition) is 6. The highest BCUT2D eigenvalue weighted by atomic mass is 35.5. The minimum absolute atomic E-state index is 0.00913. The zero-order chi connectivity index (χ0) is 24.4. The highest BCUT2D eigenvalue weighted by Crippen LogP contribution is 2.30. The summed E-state index contributed by atoms with van der Waals surface area (Å²) in [5.74, 6) is 0.826. The maximum atomic E-state index is 12.8. The Labute approximate surface area is 219 Å². The third kappa shape index (κ3) is 5.90. The van der Waals surface area contributed by atoms with Gasteiger partial charge >= 0.3 is 0 Å². The molecule has 9 heteroatoms. The van der Waals surface area contributed by atoms with Gasteiger partial charge in [0.05, 0.1) is 4.34 Å². The lowest BCUT2D eigenvalue weighted by atomic mass is 10.1. The van der Waals surface area contributed by atoms with Gasteiger partial charge in [0.2, 0.25) is 0 Å². The number of nitrogens with zero attached hydrogens (tertiary/aromatic N) is 2. The van der Waals surface area contributed by atoms with Gasteiger partial charge in [0.1, 0.15) is 16.1 Å². The molecule has 1 aliphatic heterocycles. The molecule has 3 heterocycles. The molecule has 0 bridgehead atoms. The van der Waals surface area contributed by atoms with Crippen LogP contribution in [0.4, 0.5) is 0 Å². The molecule has 0 N–H and O–H groups in total. The fraction of sp³-hybridized carbons (Fsp3) is 0.308. The summed E-state index contributed by atoms with van der Waals surface area (Å²) in [5.41, 5.74) is 1.23. The zero-order valence-electron chi connectivity index (χ0n) is 19.4. The summed E-state index contributed by atoms with van der Waals surface area (Å²) in [6.45, 7) is 2.67. The lowest BCUT2D eigenvalue weighted by molar-refractivity contribution is 0.135. The molecule has 5 nitrogen and oxygen atoms in total. The third-order valence-corrected chi connectivity index (χ3v) is 10.8. The summed E-state index contributed by atoms with van der Waals surface area (Å²) in [4.78, 5) is 3.68. The second kappa shape index (κ2) is 10.6. The normalized spacial score (nSPS) is 15.7. The minimum Gasteiger partial charge on any atom is -0.490 e. The number of ether oxygens (including phenoxy) is 1. The monoisotopic (exact) mass is 546 g/mol. The number of benzene rings is 2. The number of rotatable bonds is 8. The van der Waals surface area contributed by atoms with Crippen LogP contribution in [0, 0.1) is 0 Å². The first-order chi connectivity index (χ1) is 16.9. The molecule has 0 spiro atoms. The van der Waals surface area contributed by atoms with E-state index in [1.165, 1.54) is 24.8 Å². The molecule has 0 radical (unpaired) electrons. The van der Waals surface area contributed by atoms with Crippen LogP contribution >= 0.6 is 34.3 Å². The van der Waals surface area contributed by atoms with Crippen molar-refractivity contribution >= 4 is 54.4 Å². The van der Waals surface area contributed by atoms with Crippen molar-refractivity contribution in [1.29, 1.82) is 0 Å². The van der Waals surface area contributed by atoms with Crippen LogP contribution < -0.4 is 4.74 Å². The topological polar surface area (TPSA) is 49.9 Å². The SMILES string of the molecule is CN(Cc1ccc(OC2CCN(S(=O)(=O)c3ccc(Cl)s3)CC2)cc1)Cc1cc2ccccc2s1. The van der Waals surface area contributed by atoms with E-state index >= 15 is 0 Å². The molecule has 1 aliphatic rings. The molecule has 0 aliphatic carbocycles. The van der Waals surface area contributed by atoms with E-state index in [0.717, 1.165) is 30.2 Å². The molecular formula is C26H27ClN2O3S3. The van der Waals surface area contributed by atoms with E-state index in [2.05, 4.69) is 54.4 Å². The molecule has 5 rings (SSSR count). The fourth-order valence-electron chi connectivity index (χ4n) is 4.37. The molecule has 0 atom stereocenters. The second-order valence-electron chi connectivity index (χ2n) is 8.85. The molecule has 0 amide bonds. The van der Waals surface area contributed by atoms with Crippen LogP contribution in [-0.4, -0.2) is 43.9 Å². The summed E-state index contributed by atoms with van der Waals surface area (Å²) in [5, 5.41) is 1.31. The Balaban J connectivity index is 1.11. The van der Waals surface area contributed by atoms with Gasteiger partial charge in [0.15, 0.2) is 0 Å². The van der Waals surface area contributed by atoms with Crippen LogP contribution in [0.15, 0.2) is 70.9 Å². The smallest absolute Gasteiger partial charge is 0.252 e. The Morgan fingerprint density at radius 3 is 2.43 bits per heavy atom. The van der Waals surface area contributed by atoms with Gasteiger partial charge in [-0.3, -0.25) is 4.90 Å². The molecule has 1 fully saturated rings. The highest BCUT2D eigenvalue weighted by molar-refractivity contribution is 7.91. The molecule has 0 unspecified atom stereocenters. The lowest BCUT2D eigenvalue weighted by Gasteiger charge is -2.31. The molecule has 2 aromatic heterocycles. The average Bonchev–Trinajstić information content (AvgIpc) is 3.46. The van der Waals surface area contributed by atoms with Gasteiger partial charge in [0, 0.05) is 35.8 Å². The van der Waals surface area contributed by atoms with Crippen LogP contribution in [0.5, 0.6) is 5.75 Å². The van der Waals surface area contributed by atoms with Gasteiger partial charge in [-0.15, -0.1) is 22.7 Å². The number of hydrogen-bond donors (Lipinski definition) is 0. The van der Waals surface area contributed by atoms with Crippen molar-refractivity contribution in [2.75, 3.05) is 20.1 Å². The molecule has 1 saturated heterocycles. The number of sulfonamides is 1. The first-order valence-electron chi connectivity index (χ1n) is 11.5. The summed E-state index contributed by atoms with van der Waals surface area (Å²) >= 11 is 8.87. The molecule has 184 valence electrons. The van der Waals surface area contributed by atoms with Gasteiger partial charge in [0.25, 0.3) is 10.0 Å². The van der Waals surface area contributed by atoms with Crippen LogP contribution in [0.3, 0.4) is 0 Å². The Hall–Kier alpha value is -1.94. The standard InChI is InChI=1S/C26H27ClN2O3S3/c1-28(18-23-16-20-4-2-3-5-24(20)33-23)17-19-6-8-21(9-7-19)32-22-12-14-29(15-13-22)35(30,31)26-11-10-25(27)34-26/h2-11,16,22H,12-15,17-18H2,1H3. The van der Waals surface area contributed by atoms with Crippen molar-refractivity contribution in [3.8, 4) is 5.75 Å².